The normalized spacial score (nSPS) is 18.0. The summed E-state index contributed by atoms with van der Waals surface area (Å²) in [4.78, 5) is 17.9. The highest BCUT2D eigenvalue weighted by Crippen LogP contribution is 2.39. The number of nitrogens with one attached hydrogen (secondary N) is 1. The van der Waals surface area contributed by atoms with Gasteiger partial charge in [-0.25, -0.2) is 9.37 Å². The van der Waals surface area contributed by atoms with Gasteiger partial charge >= 0.3 is 6.18 Å². The monoisotopic (exact) mass is 363 g/mol. The number of likely N-dealkylation sites (tertiary alicyclic amines) is 1. The summed E-state index contributed by atoms with van der Waals surface area (Å²) in [6, 6.07) is 1.04. The summed E-state index contributed by atoms with van der Waals surface area (Å²) in [6.45, 7) is 4.64. The van der Waals surface area contributed by atoms with Crippen LogP contribution >= 0.6 is 0 Å². The minimum atomic E-state index is -4.63. The molecule has 1 aliphatic rings. The Morgan fingerprint density at radius 2 is 2.00 bits per heavy atom. The maximum atomic E-state index is 14.3. The number of nitrogens with zero attached hydrogens (tertiary/aromatic N) is 2. The highest BCUT2D eigenvalue weighted by molar-refractivity contribution is 5.95. The van der Waals surface area contributed by atoms with Crippen LogP contribution in [0, 0.1) is 5.82 Å². The molecule has 9 heteroatoms. The van der Waals surface area contributed by atoms with Crippen molar-refractivity contribution in [3.05, 3.63) is 23.6 Å². The molecule has 1 fully saturated rings. The van der Waals surface area contributed by atoms with Gasteiger partial charge in [-0.15, -0.1) is 0 Å². The van der Waals surface area contributed by atoms with E-state index in [1.165, 1.54) is 0 Å². The molecule has 2 rings (SSSR count). The maximum Gasteiger partial charge on any atom is 0.411 e. The second kappa shape index (κ2) is 7.55. The first-order chi connectivity index (χ1) is 11.7. The van der Waals surface area contributed by atoms with Gasteiger partial charge < -0.3 is 15.0 Å². The summed E-state index contributed by atoms with van der Waals surface area (Å²) in [7, 11) is 0. The molecule has 5 nitrogen and oxygen atoms in total. The molecule has 0 aromatic carbocycles. The molecule has 0 saturated carbocycles. The van der Waals surface area contributed by atoms with Crippen molar-refractivity contribution in [2.75, 3.05) is 26.2 Å². The van der Waals surface area contributed by atoms with E-state index in [0.29, 0.717) is 6.54 Å². The molecule has 0 spiro atoms. The summed E-state index contributed by atoms with van der Waals surface area (Å²) in [5, 5.41) is 2.03. The first-order valence-corrected chi connectivity index (χ1v) is 8.13. The molecule has 1 amide bonds. The van der Waals surface area contributed by atoms with E-state index in [1.54, 1.807) is 6.92 Å². The number of piperidine rings is 1. The number of aromatic nitrogens is 1. The van der Waals surface area contributed by atoms with Gasteiger partial charge in [0.25, 0.3) is 11.8 Å². The van der Waals surface area contributed by atoms with Crippen molar-refractivity contribution in [2.45, 2.75) is 38.4 Å². The third-order valence-corrected chi connectivity index (χ3v) is 4.44. The van der Waals surface area contributed by atoms with E-state index in [9.17, 15) is 22.4 Å². The lowest BCUT2D eigenvalue weighted by Crippen LogP contribution is -2.63. The Labute approximate surface area is 143 Å². The summed E-state index contributed by atoms with van der Waals surface area (Å²) >= 11 is 0. The molecule has 0 bridgehead atoms. The van der Waals surface area contributed by atoms with Gasteiger partial charge in [0.2, 0.25) is 0 Å². The van der Waals surface area contributed by atoms with Crippen LogP contribution in [-0.4, -0.2) is 53.7 Å². The number of halogens is 4. The molecule has 0 unspecified atom stereocenters. The van der Waals surface area contributed by atoms with Crippen LogP contribution in [0.3, 0.4) is 0 Å². The first-order valence-electron chi connectivity index (χ1n) is 8.13. The van der Waals surface area contributed by atoms with E-state index in [2.05, 4.69) is 4.98 Å². The van der Waals surface area contributed by atoms with Crippen molar-refractivity contribution >= 4 is 5.91 Å². The molecule has 1 saturated heterocycles. The van der Waals surface area contributed by atoms with Gasteiger partial charge in [0.1, 0.15) is 5.54 Å². The summed E-state index contributed by atoms with van der Waals surface area (Å²) in [5.41, 5.74) is -2.88. The number of pyridine rings is 1. The van der Waals surface area contributed by atoms with Crippen molar-refractivity contribution in [1.29, 1.82) is 0 Å². The lowest BCUT2D eigenvalue weighted by molar-refractivity contribution is -0.205. The molecule has 140 valence electrons. The predicted molar refractivity (Wildman–Crippen MR) is 83.0 cm³/mol. The summed E-state index contributed by atoms with van der Waals surface area (Å²) < 4.78 is 60.1. The Hall–Kier alpha value is -1.90. The Balaban J connectivity index is 2.26. The van der Waals surface area contributed by atoms with E-state index in [4.69, 9.17) is 4.74 Å². The SMILES string of the molecule is CCOc1nccc(C(=O)NC2(C(F)(F)F)CCN(CC)CC2)c1F. The maximum absolute atomic E-state index is 14.3. The average Bonchev–Trinajstić information content (AvgIpc) is 2.56. The standard InChI is InChI=1S/C16H21F4N3O2/c1-3-23-9-6-15(7-10-23,16(18,19)20)22-13(24)11-5-8-21-14(12(11)17)25-4-2/h5,8H,3-4,6-7,9-10H2,1-2H3,(H,22,24). The van der Waals surface area contributed by atoms with Crippen LogP contribution in [0.15, 0.2) is 12.3 Å². The summed E-state index contributed by atoms with van der Waals surface area (Å²) in [6.07, 6.45) is -4.06. The van der Waals surface area contributed by atoms with Gasteiger partial charge in [-0.05, 0) is 32.4 Å². The van der Waals surface area contributed by atoms with Gasteiger partial charge in [0.15, 0.2) is 5.82 Å². The largest absolute Gasteiger partial charge is 0.476 e. The van der Waals surface area contributed by atoms with Crippen molar-refractivity contribution in [3.63, 3.8) is 0 Å². The minimum Gasteiger partial charge on any atom is -0.476 e. The quantitative estimate of drug-likeness (QED) is 0.818. The first kappa shape index (κ1) is 19.4. The number of alkyl halides is 3. The van der Waals surface area contributed by atoms with E-state index < -0.39 is 34.9 Å². The number of hydrogen-bond acceptors (Lipinski definition) is 4. The lowest BCUT2D eigenvalue weighted by atomic mass is 9.86. The molecule has 1 aromatic rings. The van der Waals surface area contributed by atoms with Gasteiger partial charge in [0.05, 0.1) is 12.2 Å². The Morgan fingerprint density at radius 1 is 1.36 bits per heavy atom. The highest BCUT2D eigenvalue weighted by atomic mass is 19.4. The topological polar surface area (TPSA) is 54.5 Å². The fourth-order valence-corrected chi connectivity index (χ4v) is 2.85. The number of carbonyl (C=O) groups excluding carboxylic acids is 1. The Bertz CT molecular complexity index is 614. The third-order valence-electron chi connectivity index (χ3n) is 4.44. The molecule has 1 N–H and O–H groups in total. The van der Waals surface area contributed by atoms with Crippen LogP contribution in [0.5, 0.6) is 5.88 Å². The van der Waals surface area contributed by atoms with Crippen LogP contribution in [0.2, 0.25) is 0 Å². The number of hydrogen-bond donors (Lipinski definition) is 1. The molecule has 1 aliphatic heterocycles. The fraction of sp³-hybridized carbons (Fsp3) is 0.625. The zero-order valence-electron chi connectivity index (χ0n) is 14.1. The van der Waals surface area contributed by atoms with Crippen LogP contribution in [-0.2, 0) is 0 Å². The van der Waals surface area contributed by atoms with Gasteiger partial charge in [-0.3, -0.25) is 4.79 Å². The van der Waals surface area contributed by atoms with Crippen LogP contribution in [0.4, 0.5) is 17.6 Å². The second-order valence-electron chi connectivity index (χ2n) is 5.88. The molecule has 0 radical (unpaired) electrons. The molecule has 2 heterocycles. The Morgan fingerprint density at radius 3 is 2.52 bits per heavy atom. The van der Waals surface area contributed by atoms with E-state index in [1.807, 2.05) is 17.1 Å². The van der Waals surface area contributed by atoms with Crippen molar-refractivity contribution in [1.82, 2.24) is 15.2 Å². The number of carbonyl (C=O) groups is 1. The molecular formula is C16H21F4N3O2. The van der Waals surface area contributed by atoms with Crippen molar-refractivity contribution in [3.8, 4) is 5.88 Å². The van der Waals surface area contributed by atoms with E-state index in [-0.39, 0.29) is 32.5 Å². The number of rotatable bonds is 5. The highest BCUT2D eigenvalue weighted by Gasteiger charge is 2.56. The molecular weight excluding hydrogens is 342 g/mol. The van der Waals surface area contributed by atoms with Crippen LogP contribution in [0.1, 0.15) is 37.0 Å². The lowest BCUT2D eigenvalue weighted by Gasteiger charge is -2.43. The van der Waals surface area contributed by atoms with Gasteiger partial charge in [0, 0.05) is 19.3 Å². The van der Waals surface area contributed by atoms with Gasteiger partial charge in [-0.1, -0.05) is 6.92 Å². The minimum absolute atomic E-state index is 0.119. The van der Waals surface area contributed by atoms with Crippen molar-refractivity contribution < 1.29 is 27.1 Å². The van der Waals surface area contributed by atoms with E-state index in [0.717, 1.165) is 12.3 Å². The van der Waals surface area contributed by atoms with E-state index >= 15 is 0 Å². The third kappa shape index (κ3) is 4.02. The number of amides is 1. The van der Waals surface area contributed by atoms with Gasteiger partial charge in [-0.2, -0.15) is 13.2 Å². The zero-order valence-corrected chi connectivity index (χ0v) is 14.1. The predicted octanol–water partition coefficient (Wildman–Crippen LogP) is 2.77. The van der Waals surface area contributed by atoms with Crippen LogP contribution < -0.4 is 10.1 Å². The molecule has 25 heavy (non-hydrogen) atoms. The molecule has 0 aliphatic carbocycles. The smallest absolute Gasteiger partial charge is 0.411 e. The Kier molecular flexibility index (Phi) is 5.87. The fourth-order valence-electron chi connectivity index (χ4n) is 2.85. The zero-order chi connectivity index (χ0) is 18.7. The molecule has 0 atom stereocenters. The number of ether oxygens (including phenoxy) is 1. The van der Waals surface area contributed by atoms with Crippen molar-refractivity contribution in [2.24, 2.45) is 0 Å². The summed E-state index contributed by atoms with van der Waals surface area (Å²) in [5.74, 6) is -2.59. The second-order valence-corrected chi connectivity index (χ2v) is 5.88. The molecule has 1 aromatic heterocycles. The average molecular weight is 363 g/mol. The van der Waals surface area contributed by atoms with Crippen LogP contribution in [0.25, 0.3) is 0 Å².